The predicted molar refractivity (Wildman–Crippen MR) is 105 cm³/mol. The topological polar surface area (TPSA) is 90.1 Å². The Morgan fingerprint density at radius 1 is 1.21 bits per heavy atom. The zero-order chi connectivity index (χ0) is 19.5. The van der Waals surface area contributed by atoms with Crippen LogP contribution < -0.4 is 10.6 Å². The molecule has 3 amide bonds. The highest BCUT2D eigenvalue weighted by Gasteiger charge is 2.51. The summed E-state index contributed by atoms with van der Waals surface area (Å²) in [5, 5.41) is 9.78. The molecule has 3 N–H and O–H groups in total. The summed E-state index contributed by atoms with van der Waals surface area (Å²) >= 11 is 0. The Balaban J connectivity index is 1.36. The molecule has 3 saturated heterocycles. The third-order valence-corrected chi connectivity index (χ3v) is 6.87. The smallest absolute Gasteiger partial charge is 0.325 e. The van der Waals surface area contributed by atoms with Crippen molar-refractivity contribution in [2.75, 3.05) is 31.1 Å². The minimum Gasteiger partial charge on any atom is -0.392 e. The van der Waals surface area contributed by atoms with Crippen LogP contribution in [0.25, 0.3) is 0 Å². The van der Waals surface area contributed by atoms with E-state index in [1.807, 2.05) is 18.6 Å². The van der Waals surface area contributed by atoms with Gasteiger partial charge in [0.15, 0.2) is 0 Å². The quantitative estimate of drug-likeness (QED) is 0.789. The average molecular weight is 383 g/mol. The van der Waals surface area contributed by atoms with E-state index in [-0.39, 0.29) is 23.6 Å². The first-order valence-corrected chi connectivity index (χ1v) is 10.2. The molecule has 0 aromatic heterocycles. The maximum atomic E-state index is 12.9. The second kappa shape index (κ2) is 6.46. The highest BCUT2D eigenvalue weighted by molar-refractivity contribution is 6.04. The normalized spacial score (nSPS) is 31.5. The van der Waals surface area contributed by atoms with Crippen LogP contribution in [0.2, 0.25) is 0 Å². The van der Waals surface area contributed by atoms with Crippen molar-refractivity contribution in [1.82, 2.24) is 9.80 Å². The highest BCUT2D eigenvalue weighted by atomic mass is 16.3. The number of β-amino-alcohol motifs (C(OH)–C–C–N with tert-alkyl or cyclic N) is 1. The molecular formula is C21H27N4O3. The lowest BCUT2D eigenvalue weighted by Gasteiger charge is -2.26. The molecule has 2 unspecified atom stereocenters. The fraction of sp³-hybridized carbons (Fsp3) is 0.571. The minimum absolute atomic E-state index is 0.137. The van der Waals surface area contributed by atoms with Gasteiger partial charge in [-0.2, -0.15) is 0 Å². The van der Waals surface area contributed by atoms with Crippen molar-refractivity contribution in [2.24, 2.45) is 5.73 Å². The molecule has 1 radical (unpaired) electrons. The van der Waals surface area contributed by atoms with Crippen LogP contribution in [0, 0.1) is 6.42 Å². The van der Waals surface area contributed by atoms with Gasteiger partial charge in [0.2, 0.25) is 5.91 Å². The second-order valence-corrected chi connectivity index (χ2v) is 8.71. The van der Waals surface area contributed by atoms with E-state index in [4.69, 9.17) is 5.73 Å². The van der Waals surface area contributed by atoms with Crippen LogP contribution >= 0.6 is 0 Å². The van der Waals surface area contributed by atoms with Crippen LogP contribution in [0.4, 0.5) is 10.5 Å². The van der Waals surface area contributed by atoms with E-state index in [0.29, 0.717) is 6.54 Å². The maximum absolute atomic E-state index is 12.9. The Kier molecular flexibility index (Phi) is 4.14. The number of anilines is 1. The van der Waals surface area contributed by atoms with Gasteiger partial charge in [0.05, 0.1) is 12.1 Å². The van der Waals surface area contributed by atoms with Gasteiger partial charge in [0.1, 0.15) is 6.04 Å². The molecule has 1 aromatic rings. The second-order valence-electron chi connectivity index (χ2n) is 8.71. The van der Waals surface area contributed by atoms with Crippen molar-refractivity contribution in [2.45, 2.75) is 49.3 Å². The molecule has 5 rings (SSSR count). The third-order valence-electron chi connectivity index (χ3n) is 6.87. The van der Waals surface area contributed by atoms with Crippen LogP contribution in [0.3, 0.4) is 0 Å². The number of carbonyl (C=O) groups is 2. The Bertz CT molecular complexity index is 791. The number of benzene rings is 1. The summed E-state index contributed by atoms with van der Waals surface area (Å²) < 4.78 is 0. The Hall–Kier alpha value is -2.12. The van der Waals surface area contributed by atoms with Gasteiger partial charge < -0.3 is 15.7 Å². The Morgan fingerprint density at radius 3 is 2.57 bits per heavy atom. The summed E-state index contributed by atoms with van der Waals surface area (Å²) in [6, 6.07) is 7.08. The first-order valence-electron chi connectivity index (χ1n) is 10.2. The maximum Gasteiger partial charge on any atom is 0.325 e. The van der Waals surface area contributed by atoms with Gasteiger partial charge in [-0.15, -0.1) is 0 Å². The molecule has 4 fully saturated rings. The van der Waals surface area contributed by atoms with E-state index in [1.165, 1.54) is 5.56 Å². The molecule has 1 aromatic carbocycles. The molecule has 149 valence electrons. The number of aliphatic hydroxyl groups is 1. The lowest BCUT2D eigenvalue weighted by atomic mass is 9.94. The lowest BCUT2D eigenvalue weighted by molar-refractivity contribution is -0.119. The van der Waals surface area contributed by atoms with Crippen LogP contribution in [0.15, 0.2) is 24.3 Å². The summed E-state index contributed by atoms with van der Waals surface area (Å²) in [5.74, 6) is -0.464. The zero-order valence-electron chi connectivity index (χ0n) is 16.0. The van der Waals surface area contributed by atoms with Crippen LogP contribution in [-0.2, 0) is 10.2 Å². The number of nitrogens with zero attached hydrogens (tertiary/aromatic N) is 3. The predicted octanol–water partition coefficient (Wildman–Crippen LogP) is 0.857. The molecule has 0 spiro atoms. The van der Waals surface area contributed by atoms with E-state index in [2.05, 4.69) is 17.0 Å². The first kappa shape index (κ1) is 17.9. The molecule has 7 nitrogen and oxygen atoms in total. The number of primary amides is 1. The minimum atomic E-state index is -0.637. The molecular weight excluding hydrogens is 356 g/mol. The molecule has 3 atom stereocenters. The summed E-state index contributed by atoms with van der Waals surface area (Å²) in [7, 11) is 0. The molecule has 1 saturated carbocycles. The molecule has 1 aliphatic carbocycles. The number of hydrogen-bond donors (Lipinski definition) is 2. The van der Waals surface area contributed by atoms with Crippen molar-refractivity contribution in [3.63, 3.8) is 0 Å². The SMILES string of the molecule is NC(=O)C1[C@H]2[CH]CCN2C(=O)N1c1ccc(C2(CN3CCC(O)C3)CC2)cc1. The van der Waals surface area contributed by atoms with Crippen molar-refractivity contribution in [3.8, 4) is 0 Å². The molecule has 28 heavy (non-hydrogen) atoms. The van der Waals surface area contributed by atoms with Crippen molar-refractivity contribution >= 4 is 17.6 Å². The number of fused-ring (bicyclic) bond motifs is 1. The summed E-state index contributed by atoms with van der Waals surface area (Å²) in [6.07, 6.45) is 5.78. The Labute approximate surface area is 165 Å². The molecule has 4 aliphatic rings. The van der Waals surface area contributed by atoms with Crippen molar-refractivity contribution in [1.29, 1.82) is 0 Å². The number of likely N-dealkylation sites (tertiary alicyclic amines) is 1. The van der Waals surface area contributed by atoms with E-state index in [9.17, 15) is 14.7 Å². The largest absolute Gasteiger partial charge is 0.392 e. The van der Waals surface area contributed by atoms with Crippen LogP contribution in [-0.4, -0.2) is 71.2 Å². The van der Waals surface area contributed by atoms with E-state index in [0.717, 1.165) is 51.0 Å². The van der Waals surface area contributed by atoms with Crippen molar-refractivity contribution in [3.05, 3.63) is 36.2 Å². The number of amides is 3. The summed E-state index contributed by atoms with van der Waals surface area (Å²) in [4.78, 5) is 30.6. The fourth-order valence-electron chi connectivity index (χ4n) is 5.21. The van der Waals surface area contributed by atoms with Crippen LogP contribution in [0.5, 0.6) is 0 Å². The highest BCUT2D eigenvalue weighted by Crippen LogP contribution is 2.49. The number of nitrogens with two attached hydrogens (primary N) is 1. The third kappa shape index (κ3) is 2.79. The zero-order valence-corrected chi connectivity index (χ0v) is 16.0. The van der Waals surface area contributed by atoms with Gasteiger partial charge in [-0.05, 0) is 49.8 Å². The Morgan fingerprint density at radius 2 is 1.96 bits per heavy atom. The number of carbonyl (C=O) groups excluding carboxylic acids is 2. The average Bonchev–Trinajstić information content (AvgIpc) is 3.00. The molecule has 3 heterocycles. The molecule has 3 aliphatic heterocycles. The lowest BCUT2D eigenvalue weighted by Crippen LogP contribution is -2.46. The van der Waals surface area contributed by atoms with Gasteiger partial charge in [-0.3, -0.25) is 14.6 Å². The monoisotopic (exact) mass is 383 g/mol. The van der Waals surface area contributed by atoms with Crippen LogP contribution in [0.1, 0.15) is 31.2 Å². The number of urea groups is 1. The van der Waals surface area contributed by atoms with E-state index in [1.54, 1.807) is 9.80 Å². The van der Waals surface area contributed by atoms with Gasteiger partial charge in [-0.1, -0.05) is 12.1 Å². The van der Waals surface area contributed by atoms with E-state index >= 15 is 0 Å². The fourth-order valence-corrected chi connectivity index (χ4v) is 5.21. The van der Waals surface area contributed by atoms with Gasteiger partial charge >= 0.3 is 6.03 Å². The number of hydrogen-bond acceptors (Lipinski definition) is 4. The number of aliphatic hydroxyl groups excluding tert-OH is 1. The standard InChI is InChI=1S/C21H27N4O3/c22-19(27)18-17-2-1-10-24(17)20(28)25(18)15-5-3-14(4-6-15)21(8-9-21)13-23-11-7-16(26)12-23/h2-6,16-18,26H,1,7-13H2,(H2,22,27)/t16?,17-,18?/m1/s1. The number of rotatable bonds is 5. The van der Waals surface area contributed by atoms with Crippen molar-refractivity contribution < 1.29 is 14.7 Å². The summed E-state index contributed by atoms with van der Waals surface area (Å²) in [5.41, 5.74) is 7.81. The van der Waals surface area contributed by atoms with Gasteiger partial charge in [0, 0.05) is 37.3 Å². The molecule has 7 heteroatoms. The molecule has 0 bridgehead atoms. The first-order chi connectivity index (χ1) is 13.5. The van der Waals surface area contributed by atoms with Gasteiger partial charge in [-0.25, -0.2) is 4.79 Å². The van der Waals surface area contributed by atoms with E-state index < -0.39 is 11.9 Å². The van der Waals surface area contributed by atoms with Gasteiger partial charge in [0.25, 0.3) is 0 Å². The summed E-state index contributed by atoms with van der Waals surface area (Å²) in [6.45, 7) is 3.33.